The van der Waals surface area contributed by atoms with Gasteiger partial charge in [-0.2, -0.15) is 0 Å². The van der Waals surface area contributed by atoms with Gasteiger partial charge in [-0.15, -0.1) is 0 Å². The second kappa shape index (κ2) is 7.86. The quantitative estimate of drug-likeness (QED) is 0.835. The van der Waals surface area contributed by atoms with E-state index in [0.717, 1.165) is 5.56 Å². The first-order valence-corrected chi connectivity index (χ1v) is 9.59. The number of carbonyl (C=O) groups excluding carboxylic acids is 1. The minimum Gasteiger partial charge on any atom is -0.453 e. The van der Waals surface area contributed by atoms with Gasteiger partial charge >= 0.3 is 6.09 Å². The minimum absolute atomic E-state index is 0.115. The number of hydrogen-bond donors (Lipinski definition) is 2. The van der Waals surface area contributed by atoms with Crippen molar-refractivity contribution in [2.75, 3.05) is 19.0 Å². The standard InChI is InChI=1S/C18H20N2O5S/c1-24-18(21)20-15-6-8-17(9-7-15)26(22,23)19-11-16-10-13-4-2-3-5-14(13)12-25-16/h2-9,16,19H,10-12H2,1H3,(H,20,21). The molecule has 2 N–H and O–H groups in total. The Morgan fingerprint density at radius 1 is 1.15 bits per heavy atom. The number of ether oxygens (including phenoxy) is 2. The third-order valence-corrected chi connectivity index (χ3v) is 5.58. The maximum atomic E-state index is 12.4. The molecule has 1 amide bonds. The molecule has 1 atom stereocenters. The van der Waals surface area contributed by atoms with Crippen LogP contribution in [0.2, 0.25) is 0 Å². The van der Waals surface area contributed by atoms with Gasteiger partial charge < -0.3 is 9.47 Å². The largest absolute Gasteiger partial charge is 0.453 e. The van der Waals surface area contributed by atoms with E-state index < -0.39 is 16.1 Å². The summed E-state index contributed by atoms with van der Waals surface area (Å²) >= 11 is 0. The molecule has 0 radical (unpaired) electrons. The zero-order valence-corrected chi connectivity index (χ0v) is 15.1. The molecule has 1 aliphatic heterocycles. The van der Waals surface area contributed by atoms with Crippen LogP contribution >= 0.6 is 0 Å². The second-order valence-corrected chi connectivity index (χ2v) is 7.67. The van der Waals surface area contributed by atoms with E-state index in [1.165, 1.54) is 36.9 Å². The fraction of sp³-hybridized carbons (Fsp3) is 0.278. The summed E-state index contributed by atoms with van der Waals surface area (Å²) in [4.78, 5) is 11.3. The van der Waals surface area contributed by atoms with Crippen molar-refractivity contribution in [2.45, 2.75) is 24.0 Å². The summed E-state index contributed by atoms with van der Waals surface area (Å²) in [5.74, 6) is 0. The lowest BCUT2D eigenvalue weighted by molar-refractivity contribution is 0.0322. The molecule has 0 saturated heterocycles. The van der Waals surface area contributed by atoms with Gasteiger partial charge in [0.15, 0.2) is 0 Å². The Kier molecular flexibility index (Phi) is 5.55. The minimum atomic E-state index is -3.66. The Balaban J connectivity index is 1.60. The number of anilines is 1. The fourth-order valence-corrected chi connectivity index (χ4v) is 3.78. The van der Waals surface area contributed by atoms with Gasteiger partial charge in [0, 0.05) is 18.7 Å². The number of methoxy groups -OCH3 is 1. The van der Waals surface area contributed by atoms with Crippen molar-refractivity contribution >= 4 is 21.8 Å². The molecular formula is C18H20N2O5S. The van der Waals surface area contributed by atoms with Crippen molar-refractivity contribution < 1.29 is 22.7 Å². The van der Waals surface area contributed by atoms with Gasteiger partial charge in [0.1, 0.15) is 0 Å². The highest BCUT2D eigenvalue weighted by atomic mass is 32.2. The van der Waals surface area contributed by atoms with Crippen molar-refractivity contribution in [1.29, 1.82) is 0 Å². The van der Waals surface area contributed by atoms with E-state index >= 15 is 0 Å². The molecule has 3 rings (SSSR count). The van der Waals surface area contributed by atoms with Crippen molar-refractivity contribution in [3.63, 3.8) is 0 Å². The lowest BCUT2D eigenvalue weighted by Gasteiger charge is -2.25. The number of carbonyl (C=O) groups is 1. The monoisotopic (exact) mass is 376 g/mol. The Morgan fingerprint density at radius 2 is 1.85 bits per heavy atom. The predicted molar refractivity (Wildman–Crippen MR) is 96.4 cm³/mol. The second-order valence-electron chi connectivity index (χ2n) is 5.90. The summed E-state index contributed by atoms with van der Waals surface area (Å²) < 4.78 is 37.7. The summed E-state index contributed by atoms with van der Waals surface area (Å²) in [6.45, 7) is 0.676. The van der Waals surface area contributed by atoms with Crippen LogP contribution in [0.15, 0.2) is 53.4 Å². The van der Waals surface area contributed by atoms with Crippen LogP contribution in [0.1, 0.15) is 11.1 Å². The third kappa shape index (κ3) is 4.40. The highest BCUT2D eigenvalue weighted by Gasteiger charge is 2.22. The molecule has 0 saturated carbocycles. The SMILES string of the molecule is COC(=O)Nc1ccc(S(=O)(=O)NCC2Cc3ccccc3CO2)cc1. The number of rotatable bonds is 5. The van der Waals surface area contributed by atoms with Crippen molar-refractivity contribution in [1.82, 2.24) is 4.72 Å². The van der Waals surface area contributed by atoms with Gasteiger partial charge in [0.05, 0.1) is 24.7 Å². The average molecular weight is 376 g/mol. The maximum absolute atomic E-state index is 12.4. The van der Waals surface area contributed by atoms with Crippen molar-refractivity contribution in [3.05, 3.63) is 59.7 Å². The molecule has 8 heteroatoms. The number of nitrogens with one attached hydrogen (secondary N) is 2. The van der Waals surface area contributed by atoms with Gasteiger partial charge in [-0.25, -0.2) is 17.9 Å². The molecule has 0 spiro atoms. The average Bonchev–Trinajstić information content (AvgIpc) is 2.66. The van der Waals surface area contributed by atoms with E-state index in [-0.39, 0.29) is 17.5 Å². The molecule has 138 valence electrons. The Morgan fingerprint density at radius 3 is 2.54 bits per heavy atom. The van der Waals surface area contributed by atoms with Crippen LogP contribution in [-0.2, 0) is 32.5 Å². The number of amides is 1. The lowest BCUT2D eigenvalue weighted by Crippen LogP contribution is -2.36. The van der Waals surface area contributed by atoms with Gasteiger partial charge in [0.25, 0.3) is 0 Å². The normalized spacial score (nSPS) is 16.6. The highest BCUT2D eigenvalue weighted by Crippen LogP contribution is 2.20. The molecular weight excluding hydrogens is 356 g/mol. The van der Waals surface area contributed by atoms with Gasteiger partial charge in [-0.1, -0.05) is 24.3 Å². The number of sulfonamides is 1. The first kappa shape index (κ1) is 18.4. The van der Waals surface area contributed by atoms with Crippen LogP contribution in [0.3, 0.4) is 0 Å². The maximum Gasteiger partial charge on any atom is 0.411 e. The summed E-state index contributed by atoms with van der Waals surface area (Å²) in [6, 6.07) is 13.8. The Bertz CT molecular complexity index is 881. The van der Waals surface area contributed by atoms with Crippen LogP contribution < -0.4 is 10.0 Å². The first-order chi connectivity index (χ1) is 12.5. The summed E-state index contributed by atoms with van der Waals surface area (Å²) in [7, 11) is -2.41. The van der Waals surface area contributed by atoms with Crippen LogP contribution in [-0.4, -0.2) is 34.3 Å². The van der Waals surface area contributed by atoms with E-state index in [2.05, 4.69) is 14.8 Å². The third-order valence-electron chi connectivity index (χ3n) is 4.14. The summed E-state index contributed by atoms with van der Waals surface area (Å²) in [5.41, 5.74) is 2.77. The zero-order valence-electron chi connectivity index (χ0n) is 14.3. The van der Waals surface area contributed by atoms with Crippen LogP contribution in [0, 0.1) is 0 Å². The van der Waals surface area contributed by atoms with Gasteiger partial charge in [0.2, 0.25) is 10.0 Å². The van der Waals surface area contributed by atoms with E-state index in [4.69, 9.17) is 4.74 Å². The van der Waals surface area contributed by atoms with Crippen LogP contribution in [0.4, 0.5) is 10.5 Å². The molecule has 1 unspecified atom stereocenters. The smallest absolute Gasteiger partial charge is 0.411 e. The van der Waals surface area contributed by atoms with E-state index in [0.29, 0.717) is 18.7 Å². The molecule has 2 aromatic rings. The van der Waals surface area contributed by atoms with Crippen LogP contribution in [0.5, 0.6) is 0 Å². The van der Waals surface area contributed by atoms with Crippen molar-refractivity contribution in [2.24, 2.45) is 0 Å². The predicted octanol–water partition coefficient (Wildman–Crippen LogP) is 2.28. The first-order valence-electron chi connectivity index (χ1n) is 8.11. The molecule has 26 heavy (non-hydrogen) atoms. The molecule has 2 aromatic carbocycles. The molecule has 1 aliphatic rings. The summed E-state index contributed by atoms with van der Waals surface area (Å²) in [6.07, 6.45) is -0.158. The summed E-state index contributed by atoms with van der Waals surface area (Å²) in [5, 5.41) is 2.47. The van der Waals surface area contributed by atoms with Gasteiger partial charge in [-0.05, 0) is 35.4 Å². The van der Waals surface area contributed by atoms with Gasteiger partial charge in [-0.3, -0.25) is 5.32 Å². The molecule has 0 aromatic heterocycles. The number of benzene rings is 2. The molecule has 7 nitrogen and oxygen atoms in total. The molecule has 0 bridgehead atoms. The number of hydrogen-bond acceptors (Lipinski definition) is 5. The molecule has 1 heterocycles. The number of fused-ring (bicyclic) bond motifs is 1. The lowest BCUT2D eigenvalue weighted by atomic mass is 9.99. The Labute approximate surface area is 152 Å². The van der Waals surface area contributed by atoms with Crippen LogP contribution in [0.25, 0.3) is 0 Å². The molecule has 0 aliphatic carbocycles. The van der Waals surface area contributed by atoms with Crippen molar-refractivity contribution in [3.8, 4) is 0 Å². The Hall–Kier alpha value is -2.42. The molecule has 0 fully saturated rings. The highest BCUT2D eigenvalue weighted by molar-refractivity contribution is 7.89. The fourth-order valence-electron chi connectivity index (χ4n) is 2.71. The zero-order chi connectivity index (χ0) is 18.6. The topological polar surface area (TPSA) is 93.7 Å². The van der Waals surface area contributed by atoms with E-state index in [9.17, 15) is 13.2 Å². The van der Waals surface area contributed by atoms with E-state index in [1.54, 1.807) is 0 Å². The van der Waals surface area contributed by atoms with E-state index in [1.807, 2.05) is 24.3 Å².